The minimum atomic E-state index is 0.418. The maximum Gasteiger partial charge on any atom is 0.0540 e. The molecule has 0 fully saturated rings. The number of aromatic nitrogens is 2. The van der Waals surface area contributed by atoms with E-state index in [9.17, 15) is 0 Å². The highest BCUT2D eigenvalue weighted by Gasteiger charge is 2.25. The van der Waals surface area contributed by atoms with Gasteiger partial charge in [0, 0.05) is 30.4 Å². The Morgan fingerprint density at radius 1 is 1.33 bits per heavy atom. The van der Waals surface area contributed by atoms with E-state index in [1.54, 1.807) is 0 Å². The lowest BCUT2D eigenvalue weighted by Crippen LogP contribution is -2.29. The first-order valence-corrected chi connectivity index (χ1v) is 8.02. The predicted octanol–water partition coefficient (Wildman–Crippen LogP) is 3.85. The second-order valence-electron chi connectivity index (χ2n) is 6.15. The van der Waals surface area contributed by atoms with Crippen LogP contribution >= 0.6 is 0 Å². The molecule has 1 aromatic carbocycles. The molecule has 0 spiro atoms. The van der Waals surface area contributed by atoms with Crippen molar-refractivity contribution in [3.8, 4) is 0 Å². The van der Waals surface area contributed by atoms with Gasteiger partial charge in [-0.15, -0.1) is 0 Å². The number of rotatable bonds is 4. The predicted molar refractivity (Wildman–Crippen MR) is 86.2 cm³/mol. The molecule has 1 aliphatic carbocycles. The SMILES string of the molecule is CCC(NC1CCCc2c1cnn2C)c1ccc(C)cc1. The van der Waals surface area contributed by atoms with E-state index in [0.29, 0.717) is 12.1 Å². The minimum Gasteiger partial charge on any atom is -0.303 e. The third-order valence-corrected chi connectivity index (χ3v) is 4.67. The number of aryl methyl sites for hydroxylation is 2. The van der Waals surface area contributed by atoms with Gasteiger partial charge in [0.05, 0.1) is 6.20 Å². The Kier molecular flexibility index (Phi) is 4.11. The van der Waals surface area contributed by atoms with Crippen LogP contribution in [0.4, 0.5) is 0 Å². The monoisotopic (exact) mass is 283 g/mol. The summed E-state index contributed by atoms with van der Waals surface area (Å²) in [6.45, 7) is 4.39. The summed E-state index contributed by atoms with van der Waals surface area (Å²) in [7, 11) is 2.05. The van der Waals surface area contributed by atoms with Crippen LogP contribution in [0.25, 0.3) is 0 Å². The molecule has 0 bridgehead atoms. The molecule has 0 aliphatic heterocycles. The molecular formula is C18H25N3. The fourth-order valence-electron chi connectivity index (χ4n) is 3.37. The zero-order valence-corrected chi connectivity index (χ0v) is 13.3. The first-order chi connectivity index (χ1) is 10.2. The van der Waals surface area contributed by atoms with Crippen LogP contribution in [0.1, 0.15) is 60.7 Å². The van der Waals surface area contributed by atoms with Gasteiger partial charge in [-0.05, 0) is 38.2 Å². The Balaban J connectivity index is 1.80. The molecule has 2 unspecified atom stereocenters. The van der Waals surface area contributed by atoms with Gasteiger partial charge in [-0.3, -0.25) is 4.68 Å². The van der Waals surface area contributed by atoms with Gasteiger partial charge in [0.15, 0.2) is 0 Å². The van der Waals surface area contributed by atoms with Crippen LogP contribution in [0.3, 0.4) is 0 Å². The van der Waals surface area contributed by atoms with E-state index >= 15 is 0 Å². The zero-order valence-electron chi connectivity index (χ0n) is 13.3. The summed E-state index contributed by atoms with van der Waals surface area (Å²) < 4.78 is 2.04. The van der Waals surface area contributed by atoms with Crippen molar-refractivity contribution in [1.29, 1.82) is 0 Å². The largest absolute Gasteiger partial charge is 0.303 e. The van der Waals surface area contributed by atoms with Crippen molar-refractivity contribution in [1.82, 2.24) is 15.1 Å². The van der Waals surface area contributed by atoms with Crippen LogP contribution in [0.2, 0.25) is 0 Å². The molecule has 2 atom stereocenters. The highest BCUT2D eigenvalue weighted by atomic mass is 15.3. The molecule has 0 amide bonds. The number of nitrogens with one attached hydrogen (secondary N) is 1. The van der Waals surface area contributed by atoms with E-state index in [-0.39, 0.29) is 0 Å². The summed E-state index contributed by atoms with van der Waals surface area (Å²) in [5, 5.41) is 8.30. The molecule has 3 rings (SSSR count). The quantitative estimate of drug-likeness (QED) is 0.923. The van der Waals surface area contributed by atoms with Crippen molar-refractivity contribution >= 4 is 0 Å². The van der Waals surface area contributed by atoms with Crippen LogP contribution in [0.15, 0.2) is 30.5 Å². The summed E-state index contributed by atoms with van der Waals surface area (Å²) in [6, 6.07) is 9.77. The molecule has 1 aliphatic rings. The molecule has 1 aromatic heterocycles. The van der Waals surface area contributed by atoms with Crippen molar-refractivity contribution in [2.24, 2.45) is 7.05 Å². The molecule has 0 saturated carbocycles. The van der Waals surface area contributed by atoms with Gasteiger partial charge in [0.25, 0.3) is 0 Å². The van der Waals surface area contributed by atoms with E-state index in [0.717, 1.165) is 12.8 Å². The first-order valence-electron chi connectivity index (χ1n) is 8.02. The molecule has 0 radical (unpaired) electrons. The minimum absolute atomic E-state index is 0.418. The summed E-state index contributed by atoms with van der Waals surface area (Å²) in [5.41, 5.74) is 5.51. The molecule has 3 heteroatoms. The second kappa shape index (κ2) is 6.02. The Labute approximate surface area is 127 Å². The lowest BCUT2D eigenvalue weighted by molar-refractivity contribution is 0.390. The van der Waals surface area contributed by atoms with E-state index in [2.05, 4.69) is 55.6 Å². The summed E-state index contributed by atoms with van der Waals surface area (Å²) in [5.74, 6) is 0. The lowest BCUT2D eigenvalue weighted by Gasteiger charge is -2.28. The Morgan fingerprint density at radius 2 is 2.10 bits per heavy atom. The third kappa shape index (κ3) is 2.88. The highest BCUT2D eigenvalue weighted by Crippen LogP contribution is 2.32. The van der Waals surface area contributed by atoms with Crippen LogP contribution < -0.4 is 5.32 Å². The van der Waals surface area contributed by atoms with Crippen LogP contribution in [0.5, 0.6) is 0 Å². The van der Waals surface area contributed by atoms with E-state index in [4.69, 9.17) is 0 Å². The van der Waals surface area contributed by atoms with Gasteiger partial charge < -0.3 is 5.32 Å². The molecule has 21 heavy (non-hydrogen) atoms. The number of hydrogen-bond donors (Lipinski definition) is 1. The van der Waals surface area contributed by atoms with Crippen LogP contribution in [-0.4, -0.2) is 9.78 Å². The van der Waals surface area contributed by atoms with Crippen LogP contribution in [0, 0.1) is 6.92 Å². The first kappa shape index (κ1) is 14.3. The smallest absolute Gasteiger partial charge is 0.0540 e. The molecule has 2 aromatic rings. The second-order valence-corrected chi connectivity index (χ2v) is 6.15. The third-order valence-electron chi connectivity index (χ3n) is 4.67. The van der Waals surface area contributed by atoms with E-state index in [1.165, 1.54) is 35.2 Å². The molecule has 0 saturated heterocycles. The molecule has 3 nitrogen and oxygen atoms in total. The van der Waals surface area contributed by atoms with E-state index < -0.39 is 0 Å². The summed E-state index contributed by atoms with van der Waals surface area (Å²) in [4.78, 5) is 0. The fourth-order valence-corrected chi connectivity index (χ4v) is 3.37. The topological polar surface area (TPSA) is 29.9 Å². The molecular weight excluding hydrogens is 258 g/mol. The molecule has 1 N–H and O–H groups in total. The highest BCUT2D eigenvalue weighted by molar-refractivity contribution is 5.27. The Morgan fingerprint density at radius 3 is 2.81 bits per heavy atom. The maximum absolute atomic E-state index is 4.44. The van der Waals surface area contributed by atoms with Crippen molar-refractivity contribution in [2.75, 3.05) is 0 Å². The average Bonchev–Trinajstić information content (AvgIpc) is 2.88. The average molecular weight is 283 g/mol. The number of benzene rings is 1. The normalized spacial score (nSPS) is 19.3. The van der Waals surface area contributed by atoms with Crippen molar-refractivity contribution in [3.05, 3.63) is 52.8 Å². The number of nitrogens with zero attached hydrogens (tertiary/aromatic N) is 2. The fraction of sp³-hybridized carbons (Fsp3) is 0.500. The van der Waals surface area contributed by atoms with Crippen molar-refractivity contribution < 1.29 is 0 Å². The summed E-state index contributed by atoms with van der Waals surface area (Å²) in [6.07, 6.45) is 6.77. The van der Waals surface area contributed by atoms with Gasteiger partial charge in [-0.2, -0.15) is 5.10 Å². The standard InChI is InChI=1S/C18H25N3/c1-4-16(14-10-8-13(2)9-11-14)20-17-6-5-7-18-15(17)12-19-21(18)3/h8-12,16-17,20H,4-7H2,1-3H3. The molecule has 112 valence electrons. The van der Waals surface area contributed by atoms with Gasteiger partial charge in [0.1, 0.15) is 0 Å². The Bertz CT molecular complexity index is 597. The van der Waals surface area contributed by atoms with Gasteiger partial charge in [-0.1, -0.05) is 36.8 Å². The Hall–Kier alpha value is -1.61. The maximum atomic E-state index is 4.44. The lowest BCUT2D eigenvalue weighted by atomic mass is 9.91. The summed E-state index contributed by atoms with van der Waals surface area (Å²) >= 11 is 0. The zero-order chi connectivity index (χ0) is 14.8. The molecule has 1 heterocycles. The number of fused-ring (bicyclic) bond motifs is 1. The van der Waals surface area contributed by atoms with Gasteiger partial charge in [0.2, 0.25) is 0 Å². The van der Waals surface area contributed by atoms with Crippen molar-refractivity contribution in [3.63, 3.8) is 0 Å². The van der Waals surface area contributed by atoms with Gasteiger partial charge >= 0.3 is 0 Å². The van der Waals surface area contributed by atoms with E-state index in [1.807, 2.05) is 10.9 Å². The van der Waals surface area contributed by atoms with Crippen LogP contribution in [-0.2, 0) is 13.5 Å². The van der Waals surface area contributed by atoms with Crippen molar-refractivity contribution in [2.45, 2.75) is 51.6 Å². The number of hydrogen-bond acceptors (Lipinski definition) is 2. The van der Waals surface area contributed by atoms with Gasteiger partial charge in [-0.25, -0.2) is 0 Å².